The molecule has 1 N–H and O–H groups in total. The first-order valence-electron chi connectivity index (χ1n) is 3.88. The zero-order valence-corrected chi connectivity index (χ0v) is 6.75. The van der Waals surface area contributed by atoms with Crippen molar-refractivity contribution >= 4 is 12.3 Å². The highest BCUT2D eigenvalue weighted by Crippen LogP contribution is 2.11. The highest BCUT2D eigenvalue weighted by Gasteiger charge is 2.15. The molecule has 0 bridgehead atoms. The molecule has 0 aromatic heterocycles. The van der Waals surface area contributed by atoms with Crippen molar-refractivity contribution < 1.29 is 14.7 Å². The van der Waals surface area contributed by atoms with Crippen LogP contribution in [0, 0.1) is 5.92 Å². The van der Waals surface area contributed by atoms with Crippen molar-refractivity contribution in [2.75, 3.05) is 0 Å². The van der Waals surface area contributed by atoms with Crippen molar-refractivity contribution in [3.63, 3.8) is 0 Å². The fourth-order valence-corrected chi connectivity index (χ4v) is 0.909. The van der Waals surface area contributed by atoms with Gasteiger partial charge in [-0.2, -0.15) is 0 Å². The molecular formula is C8H14O3. The number of hydrogen-bond acceptors (Lipinski definition) is 2. The molecule has 3 heteroatoms. The number of unbranched alkanes of at least 4 members (excludes halogenated alkanes) is 1. The summed E-state index contributed by atoms with van der Waals surface area (Å²) in [4.78, 5) is 20.5. The van der Waals surface area contributed by atoms with E-state index in [1.54, 1.807) is 0 Å². The highest BCUT2D eigenvalue weighted by atomic mass is 16.4. The second-order valence-electron chi connectivity index (χ2n) is 2.58. The first kappa shape index (κ1) is 10.1. The summed E-state index contributed by atoms with van der Waals surface area (Å²) in [7, 11) is 0. The standard InChI is InChI=1S/C8H14O3/c1-2-3-4-7(5-6-9)8(10)11/h6-7H,2-5H2,1H3,(H,10,11). The Labute approximate surface area is 66.4 Å². The van der Waals surface area contributed by atoms with Gasteiger partial charge in [0.15, 0.2) is 0 Å². The molecule has 0 saturated heterocycles. The van der Waals surface area contributed by atoms with Crippen molar-refractivity contribution in [3.05, 3.63) is 0 Å². The molecular weight excluding hydrogens is 144 g/mol. The Morgan fingerprint density at radius 1 is 1.64 bits per heavy atom. The van der Waals surface area contributed by atoms with Crippen LogP contribution in [0.2, 0.25) is 0 Å². The molecule has 0 amide bonds. The molecule has 0 rings (SSSR count). The van der Waals surface area contributed by atoms with Crippen LogP contribution in [-0.2, 0) is 9.59 Å². The normalized spacial score (nSPS) is 12.5. The maximum absolute atomic E-state index is 10.4. The molecule has 11 heavy (non-hydrogen) atoms. The van der Waals surface area contributed by atoms with Crippen molar-refractivity contribution in [1.29, 1.82) is 0 Å². The molecule has 0 radical (unpaired) electrons. The third-order valence-electron chi connectivity index (χ3n) is 1.64. The second-order valence-corrected chi connectivity index (χ2v) is 2.58. The van der Waals surface area contributed by atoms with Gasteiger partial charge in [-0.1, -0.05) is 19.8 Å². The average molecular weight is 158 g/mol. The van der Waals surface area contributed by atoms with Gasteiger partial charge in [0.25, 0.3) is 0 Å². The Morgan fingerprint density at radius 3 is 2.64 bits per heavy atom. The number of carboxylic acids is 1. The monoisotopic (exact) mass is 158 g/mol. The fraction of sp³-hybridized carbons (Fsp3) is 0.750. The lowest BCUT2D eigenvalue weighted by Gasteiger charge is -2.06. The van der Waals surface area contributed by atoms with Crippen LogP contribution < -0.4 is 0 Å². The minimum absolute atomic E-state index is 0.148. The lowest BCUT2D eigenvalue weighted by Crippen LogP contribution is -2.13. The number of aliphatic carboxylic acids is 1. The minimum atomic E-state index is -0.856. The molecule has 0 aliphatic carbocycles. The number of carbonyl (C=O) groups excluding carboxylic acids is 1. The molecule has 0 fully saturated rings. The van der Waals surface area contributed by atoms with Gasteiger partial charge < -0.3 is 9.90 Å². The van der Waals surface area contributed by atoms with E-state index in [0.29, 0.717) is 12.7 Å². The summed E-state index contributed by atoms with van der Waals surface area (Å²) in [6, 6.07) is 0. The van der Waals surface area contributed by atoms with E-state index in [1.165, 1.54) is 0 Å². The molecule has 0 saturated carbocycles. The van der Waals surface area contributed by atoms with E-state index < -0.39 is 11.9 Å². The molecule has 0 spiro atoms. The molecule has 1 atom stereocenters. The molecule has 0 aliphatic heterocycles. The van der Waals surface area contributed by atoms with Gasteiger partial charge >= 0.3 is 5.97 Å². The third kappa shape index (κ3) is 4.53. The predicted octanol–water partition coefficient (Wildman–Crippen LogP) is 1.47. The van der Waals surface area contributed by atoms with Gasteiger partial charge in [0.2, 0.25) is 0 Å². The number of aldehydes is 1. The third-order valence-corrected chi connectivity index (χ3v) is 1.64. The van der Waals surface area contributed by atoms with Crippen molar-refractivity contribution in [1.82, 2.24) is 0 Å². The number of carbonyl (C=O) groups is 2. The Hall–Kier alpha value is -0.860. The molecule has 0 heterocycles. The Kier molecular flexibility index (Phi) is 5.43. The average Bonchev–Trinajstić information content (AvgIpc) is 1.97. The van der Waals surface area contributed by atoms with Crippen molar-refractivity contribution in [2.24, 2.45) is 5.92 Å². The molecule has 64 valence electrons. The summed E-state index contributed by atoms with van der Waals surface area (Å²) in [5.41, 5.74) is 0. The number of carboxylic acid groups (broad SMARTS) is 1. The van der Waals surface area contributed by atoms with Crippen LogP contribution in [0.15, 0.2) is 0 Å². The number of rotatable bonds is 6. The largest absolute Gasteiger partial charge is 0.481 e. The maximum atomic E-state index is 10.4. The molecule has 3 nitrogen and oxygen atoms in total. The van der Waals surface area contributed by atoms with Gasteiger partial charge in [-0.3, -0.25) is 4.79 Å². The zero-order valence-electron chi connectivity index (χ0n) is 6.75. The van der Waals surface area contributed by atoms with Crippen LogP contribution in [0.3, 0.4) is 0 Å². The summed E-state index contributed by atoms with van der Waals surface area (Å²) < 4.78 is 0. The molecule has 1 unspecified atom stereocenters. The first-order chi connectivity index (χ1) is 5.22. The van der Waals surface area contributed by atoms with E-state index in [1.807, 2.05) is 6.92 Å². The molecule has 0 aliphatic rings. The van der Waals surface area contributed by atoms with Crippen LogP contribution in [0.25, 0.3) is 0 Å². The van der Waals surface area contributed by atoms with Crippen LogP contribution in [-0.4, -0.2) is 17.4 Å². The summed E-state index contributed by atoms with van der Waals surface area (Å²) in [6.07, 6.45) is 3.29. The van der Waals surface area contributed by atoms with E-state index in [0.717, 1.165) is 12.8 Å². The van der Waals surface area contributed by atoms with E-state index in [9.17, 15) is 9.59 Å². The van der Waals surface area contributed by atoms with Gasteiger partial charge in [-0.25, -0.2) is 0 Å². The molecule has 0 aromatic rings. The van der Waals surface area contributed by atoms with Crippen molar-refractivity contribution in [2.45, 2.75) is 32.6 Å². The number of hydrogen-bond donors (Lipinski definition) is 1. The Balaban J connectivity index is 3.69. The topological polar surface area (TPSA) is 54.4 Å². The molecule has 0 aromatic carbocycles. The Bertz CT molecular complexity index is 131. The minimum Gasteiger partial charge on any atom is -0.481 e. The van der Waals surface area contributed by atoms with Gasteiger partial charge in [0.05, 0.1) is 5.92 Å². The smallest absolute Gasteiger partial charge is 0.306 e. The predicted molar refractivity (Wildman–Crippen MR) is 41.3 cm³/mol. The maximum Gasteiger partial charge on any atom is 0.306 e. The lowest BCUT2D eigenvalue weighted by atomic mass is 10.00. The Morgan fingerprint density at radius 2 is 2.27 bits per heavy atom. The van der Waals surface area contributed by atoms with Gasteiger partial charge in [0.1, 0.15) is 6.29 Å². The van der Waals surface area contributed by atoms with Crippen LogP contribution >= 0.6 is 0 Å². The van der Waals surface area contributed by atoms with Gasteiger partial charge in [-0.15, -0.1) is 0 Å². The van der Waals surface area contributed by atoms with Crippen molar-refractivity contribution in [3.8, 4) is 0 Å². The highest BCUT2D eigenvalue weighted by molar-refractivity contribution is 5.73. The van der Waals surface area contributed by atoms with E-state index in [4.69, 9.17) is 5.11 Å². The lowest BCUT2D eigenvalue weighted by molar-refractivity contribution is -0.143. The van der Waals surface area contributed by atoms with Crippen LogP contribution in [0.1, 0.15) is 32.6 Å². The summed E-state index contributed by atoms with van der Waals surface area (Å²) in [5.74, 6) is -1.32. The van der Waals surface area contributed by atoms with Crippen LogP contribution in [0.5, 0.6) is 0 Å². The van der Waals surface area contributed by atoms with Gasteiger partial charge in [0, 0.05) is 6.42 Å². The first-order valence-corrected chi connectivity index (χ1v) is 3.88. The summed E-state index contributed by atoms with van der Waals surface area (Å²) in [6.45, 7) is 2.00. The zero-order chi connectivity index (χ0) is 8.69. The van der Waals surface area contributed by atoms with E-state index in [-0.39, 0.29) is 6.42 Å². The van der Waals surface area contributed by atoms with E-state index in [2.05, 4.69) is 0 Å². The fourth-order valence-electron chi connectivity index (χ4n) is 0.909. The summed E-state index contributed by atoms with van der Waals surface area (Å²) >= 11 is 0. The second kappa shape index (κ2) is 5.89. The van der Waals surface area contributed by atoms with Gasteiger partial charge in [-0.05, 0) is 6.42 Å². The summed E-state index contributed by atoms with van der Waals surface area (Å²) in [5, 5.41) is 8.57. The van der Waals surface area contributed by atoms with Crippen LogP contribution in [0.4, 0.5) is 0 Å². The van der Waals surface area contributed by atoms with E-state index >= 15 is 0 Å². The SMILES string of the molecule is CCCCC(CC=O)C(=O)O. The quantitative estimate of drug-likeness (QED) is 0.595.